The molecular weight excluding hydrogens is 396 g/mol. The first-order valence-electron chi connectivity index (χ1n) is 11.7. The van der Waals surface area contributed by atoms with Gasteiger partial charge < -0.3 is 14.8 Å². The molecule has 4 aromatic rings. The predicted octanol–water partition coefficient (Wildman–Crippen LogP) is 6.28. The zero-order chi connectivity index (χ0) is 21.9. The Bertz CT molecular complexity index is 1270. The molecule has 0 spiro atoms. The lowest BCUT2D eigenvalue weighted by Gasteiger charge is -2.23. The highest BCUT2D eigenvalue weighted by atomic mass is 16.5. The normalized spacial score (nSPS) is 13.3. The minimum absolute atomic E-state index is 0.602. The first kappa shape index (κ1) is 20.8. The Kier molecular flexibility index (Phi) is 5.95. The smallest absolute Gasteiger partial charge is 0.161 e. The van der Waals surface area contributed by atoms with Crippen molar-refractivity contribution >= 4 is 21.7 Å². The lowest BCUT2D eigenvalue weighted by atomic mass is 9.90. The van der Waals surface area contributed by atoms with Gasteiger partial charge >= 0.3 is 0 Å². The van der Waals surface area contributed by atoms with E-state index >= 15 is 0 Å². The minimum atomic E-state index is 0.602. The second kappa shape index (κ2) is 9.17. The van der Waals surface area contributed by atoms with Crippen LogP contribution in [0.5, 0.6) is 11.5 Å². The Morgan fingerprint density at radius 1 is 0.938 bits per heavy atom. The molecule has 1 aliphatic heterocycles. The summed E-state index contributed by atoms with van der Waals surface area (Å²) in [5.74, 6) is 1.60. The van der Waals surface area contributed by atoms with Gasteiger partial charge in [0.1, 0.15) is 0 Å². The number of nitrogens with one attached hydrogen (secondary N) is 1. The van der Waals surface area contributed by atoms with Gasteiger partial charge in [0.25, 0.3) is 0 Å². The third-order valence-electron chi connectivity index (χ3n) is 6.22. The Morgan fingerprint density at radius 2 is 1.84 bits per heavy atom. The van der Waals surface area contributed by atoms with Gasteiger partial charge in [0.15, 0.2) is 11.5 Å². The van der Waals surface area contributed by atoms with Crippen LogP contribution in [0.25, 0.3) is 32.9 Å². The molecule has 0 aliphatic carbocycles. The molecular formula is C28H30N2O2. The van der Waals surface area contributed by atoms with Crippen molar-refractivity contribution in [1.82, 2.24) is 10.3 Å². The van der Waals surface area contributed by atoms with E-state index in [1.807, 2.05) is 13.0 Å². The summed E-state index contributed by atoms with van der Waals surface area (Å²) in [4.78, 5) is 5.18. The molecule has 4 nitrogen and oxygen atoms in total. The summed E-state index contributed by atoms with van der Waals surface area (Å²) in [7, 11) is 0. The average Bonchev–Trinajstić information content (AvgIpc) is 2.84. The van der Waals surface area contributed by atoms with Crippen molar-refractivity contribution in [2.24, 2.45) is 0 Å². The van der Waals surface area contributed by atoms with Gasteiger partial charge in [0.2, 0.25) is 0 Å². The van der Waals surface area contributed by atoms with E-state index in [-0.39, 0.29) is 0 Å². The van der Waals surface area contributed by atoms with E-state index in [1.165, 1.54) is 27.3 Å². The molecule has 4 heteroatoms. The Labute approximate surface area is 189 Å². The van der Waals surface area contributed by atoms with Crippen LogP contribution in [-0.4, -0.2) is 24.7 Å². The van der Waals surface area contributed by atoms with Gasteiger partial charge in [0, 0.05) is 17.5 Å². The molecule has 0 radical (unpaired) electrons. The number of ether oxygens (including phenoxy) is 2. The SMILES string of the molecule is CCCCOc1ccc(-c2nc3ccc4ccccc4c3c3c2CNCC3)cc1OCC. The van der Waals surface area contributed by atoms with E-state index in [0.717, 1.165) is 60.6 Å². The summed E-state index contributed by atoms with van der Waals surface area (Å²) < 4.78 is 11.9. The van der Waals surface area contributed by atoms with Crippen LogP contribution in [-0.2, 0) is 13.0 Å². The van der Waals surface area contributed by atoms with Crippen molar-refractivity contribution < 1.29 is 9.47 Å². The van der Waals surface area contributed by atoms with Gasteiger partial charge in [-0.25, -0.2) is 4.98 Å². The number of hydrogen-bond donors (Lipinski definition) is 1. The van der Waals surface area contributed by atoms with Crippen LogP contribution in [0.3, 0.4) is 0 Å². The fraction of sp³-hybridized carbons (Fsp3) is 0.321. The summed E-state index contributed by atoms with van der Waals surface area (Å²) in [5.41, 5.74) is 5.88. The maximum absolute atomic E-state index is 5.99. The van der Waals surface area contributed by atoms with E-state index < -0.39 is 0 Å². The van der Waals surface area contributed by atoms with Gasteiger partial charge in [-0.2, -0.15) is 0 Å². The Hall–Kier alpha value is -3.11. The number of unbranched alkanes of at least 4 members (excludes halogenated alkanes) is 1. The first-order chi connectivity index (χ1) is 15.8. The third kappa shape index (κ3) is 3.80. The maximum atomic E-state index is 5.99. The molecule has 1 aromatic heterocycles. The summed E-state index contributed by atoms with van der Waals surface area (Å²) in [6.45, 7) is 7.30. The van der Waals surface area contributed by atoms with Gasteiger partial charge in [-0.3, -0.25) is 0 Å². The molecule has 0 bridgehead atoms. The van der Waals surface area contributed by atoms with Crippen molar-refractivity contribution in [1.29, 1.82) is 0 Å². The van der Waals surface area contributed by atoms with Gasteiger partial charge in [0.05, 0.1) is 24.4 Å². The van der Waals surface area contributed by atoms with Crippen LogP contribution in [0.1, 0.15) is 37.8 Å². The number of fused-ring (bicyclic) bond motifs is 5. The van der Waals surface area contributed by atoms with E-state index in [9.17, 15) is 0 Å². The summed E-state index contributed by atoms with van der Waals surface area (Å²) >= 11 is 0. The largest absolute Gasteiger partial charge is 0.490 e. The van der Waals surface area contributed by atoms with Crippen LogP contribution >= 0.6 is 0 Å². The second-order valence-corrected chi connectivity index (χ2v) is 8.32. The van der Waals surface area contributed by atoms with Gasteiger partial charge in [-0.1, -0.05) is 43.7 Å². The highest BCUT2D eigenvalue weighted by Gasteiger charge is 2.21. The lowest BCUT2D eigenvalue weighted by Crippen LogP contribution is -2.25. The van der Waals surface area contributed by atoms with Crippen LogP contribution in [0.15, 0.2) is 54.6 Å². The van der Waals surface area contributed by atoms with Crippen LogP contribution in [0, 0.1) is 0 Å². The maximum Gasteiger partial charge on any atom is 0.161 e. The average molecular weight is 427 g/mol. The number of nitrogens with zero attached hydrogens (tertiary/aromatic N) is 1. The van der Waals surface area contributed by atoms with E-state index in [2.05, 4.69) is 60.8 Å². The summed E-state index contributed by atoms with van der Waals surface area (Å²) in [6.07, 6.45) is 3.15. The Balaban J connectivity index is 1.67. The van der Waals surface area contributed by atoms with Gasteiger partial charge in [-0.05, 0) is 72.5 Å². The summed E-state index contributed by atoms with van der Waals surface area (Å²) in [6, 6.07) is 19.2. The van der Waals surface area contributed by atoms with Crippen LogP contribution < -0.4 is 14.8 Å². The van der Waals surface area contributed by atoms with Crippen LogP contribution in [0.4, 0.5) is 0 Å². The molecule has 0 atom stereocenters. The molecule has 32 heavy (non-hydrogen) atoms. The van der Waals surface area contributed by atoms with Crippen LogP contribution in [0.2, 0.25) is 0 Å². The van der Waals surface area contributed by atoms with E-state index in [4.69, 9.17) is 14.5 Å². The molecule has 2 heterocycles. The van der Waals surface area contributed by atoms with Crippen molar-refractivity contribution in [3.05, 3.63) is 65.7 Å². The zero-order valence-corrected chi connectivity index (χ0v) is 18.9. The number of pyridine rings is 1. The minimum Gasteiger partial charge on any atom is -0.490 e. The predicted molar refractivity (Wildman–Crippen MR) is 132 cm³/mol. The number of benzene rings is 3. The fourth-order valence-corrected chi connectivity index (χ4v) is 4.65. The zero-order valence-electron chi connectivity index (χ0n) is 18.9. The first-order valence-corrected chi connectivity index (χ1v) is 11.7. The number of aromatic nitrogens is 1. The molecule has 0 saturated heterocycles. The molecule has 0 amide bonds. The van der Waals surface area contributed by atoms with Crippen molar-refractivity contribution in [3.8, 4) is 22.8 Å². The molecule has 1 aliphatic rings. The molecule has 5 rings (SSSR count). The molecule has 164 valence electrons. The standard InChI is InChI=1S/C28H30N2O2/c1-3-5-16-32-25-13-11-20(17-26(25)31-4-2)28-23-18-29-15-14-22(23)27-21-9-7-6-8-19(21)10-12-24(27)30-28/h6-13,17,29H,3-5,14-16,18H2,1-2H3. The Morgan fingerprint density at radius 3 is 2.72 bits per heavy atom. The highest BCUT2D eigenvalue weighted by Crippen LogP contribution is 2.38. The van der Waals surface area contributed by atoms with Crippen molar-refractivity contribution in [2.45, 2.75) is 39.7 Å². The van der Waals surface area contributed by atoms with E-state index in [1.54, 1.807) is 0 Å². The van der Waals surface area contributed by atoms with Crippen molar-refractivity contribution in [2.75, 3.05) is 19.8 Å². The lowest BCUT2D eigenvalue weighted by molar-refractivity contribution is 0.273. The molecule has 0 fully saturated rings. The van der Waals surface area contributed by atoms with E-state index in [0.29, 0.717) is 13.2 Å². The molecule has 0 unspecified atom stereocenters. The summed E-state index contributed by atoms with van der Waals surface area (Å²) in [5, 5.41) is 7.41. The quantitative estimate of drug-likeness (QED) is 0.279. The highest BCUT2D eigenvalue weighted by molar-refractivity contribution is 6.09. The molecule has 3 aromatic carbocycles. The molecule has 0 saturated carbocycles. The monoisotopic (exact) mass is 426 g/mol. The fourth-order valence-electron chi connectivity index (χ4n) is 4.65. The number of rotatable bonds is 7. The number of hydrogen-bond acceptors (Lipinski definition) is 4. The van der Waals surface area contributed by atoms with Crippen molar-refractivity contribution in [3.63, 3.8) is 0 Å². The second-order valence-electron chi connectivity index (χ2n) is 8.32. The third-order valence-corrected chi connectivity index (χ3v) is 6.22. The molecule has 1 N–H and O–H groups in total. The topological polar surface area (TPSA) is 43.4 Å². The van der Waals surface area contributed by atoms with Gasteiger partial charge in [-0.15, -0.1) is 0 Å².